The highest BCUT2D eigenvalue weighted by atomic mass is 16.6. The smallest absolute Gasteiger partial charge is 0.407 e. The van der Waals surface area contributed by atoms with Gasteiger partial charge in [0.05, 0.1) is 11.8 Å². The van der Waals surface area contributed by atoms with Gasteiger partial charge in [-0.3, -0.25) is 4.79 Å². The van der Waals surface area contributed by atoms with Crippen molar-refractivity contribution < 1.29 is 18.7 Å². The number of furan rings is 1. The summed E-state index contributed by atoms with van der Waals surface area (Å²) in [5.41, 5.74) is 2.14. The van der Waals surface area contributed by atoms with Crippen molar-refractivity contribution in [1.82, 2.24) is 10.6 Å². The first kappa shape index (κ1) is 21.0. The summed E-state index contributed by atoms with van der Waals surface area (Å²) in [6.07, 6.45) is 4.31. The zero-order valence-electron chi connectivity index (χ0n) is 17.7. The minimum absolute atomic E-state index is 0.101. The van der Waals surface area contributed by atoms with E-state index in [1.807, 2.05) is 43.3 Å². The predicted molar refractivity (Wildman–Crippen MR) is 119 cm³/mol. The maximum absolute atomic E-state index is 13.0. The van der Waals surface area contributed by atoms with Crippen LogP contribution in [0.1, 0.15) is 48.5 Å². The van der Waals surface area contributed by atoms with Gasteiger partial charge >= 0.3 is 6.09 Å². The fourth-order valence-electron chi connectivity index (χ4n) is 4.47. The number of rotatable bonds is 6. The summed E-state index contributed by atoms with van der Waals surface area (Å²) in [4.78, 5) is 24.8. The van der Waals surface area contributed by atoms with Crippen molar-refractivity contribution in [2.24, 2.45) is 0 Å². The molecule has 0 aliphatic heterocycles. The summed E-state index contributed by atoms with van der Waals surface area (Å²) >= 11 is 0. The van der Waals surface area contributed by atoms with Gasteiger partial charge in [0, 0.05) is 23.9 Å². The van der Waals surface area contributed by atoms with Crippen LogP contribution in [0.25, 0.3) is 11.0 Å². The standard InChI is InChI=1S/C25H28N2O4/c1-2-26-24(29)31-20-11-14-25(15-12-20,19-8-4-3-5-9-19)17-27-23(28)21-10-6-7-18-13-16-30-22(18)21/h3-10,13,16,20H,2,11-12,14-15,17H2,1H3,(H,26,29)(H,27,28)/t20-,25-. The van der Waals surface area contributed by atoms with Crippen LogP contribution in [0.4, 0.5) is 4.79 Å². The maximum atomic E-state index is 13.0. The van der Waals surface area contributed by atoms with Gasteiger partial charge in [-0.15, -0.1) is 0 Å². The van der Waals surface area contributed by atoms with Crippen molar-refractivity contribution in [3.63, 3.8) is 0 Å². The van der Waals surface area contributed by atoms with E-state index < -0.39 is 0 Å². The summed E-state index contributed by atoms with van der Waals surface area (Å²) in [6.45, 7) is 2.93. The topological polar surface area (TPSA) is 80.6 Å². The molecule has 31 heavy (non-hydrogen) atoms. The summed E-state index contributed by atoms with van der Waals surface area (Å²) < 4.78 is 11.1. The van der Waals surface area contributed by atoms with Crippen molar-refractivity contribution in [1.29, 1.82) is 0 Å². The first-order valence-electron chi connectivity index (χ1n) is 10.9. The fourth-order valence-corrected chi connectivity index (χ4v) is 4.47. The Hall–Kier alpha value is -3.28. The van der Waals surface area contributed by atoms with Crippen LogP contribution in [0, 0.1) is 0 Å². The van der Waals surface area contributed by atoms with E-state index in [1.165, 1.54) is 5.56 Å². The second-order valence-electron chi connectivity index (χ2n) is 8.11. The van der Waals surface area contributed by atoms with Gasteiger partial charge in [-0.25, -0.2) is 4.79 Å². The van der Waals surface area contributed by atoms with Crippen molar-refractivity contribution in [2.75, 3.05) is 13.1 Å². The van der Waals surface area contributed by atoms with Crippen LogP contribution >= 0.6 is 0 Å². The lowest BCUT2D eigenvalue weighted by atomic mass is 9.68. The lowest BCUT2D eigenvalue weighted by molar-refractivity contribution is 0.0568. The molecule has 2 aromatic carbocycles. The molecule has 3 aromatic rings. The Kier molecular flexibility index (Phi) is 6.26. The van der Waals surface area contributed by atoms with Crippen LogP contribution in [-0.2, 0) is 10.2 Å². The normalized spacial score (nSPS) is 20.9. The van der Waals surface area contributed by atoms with Gasteiger partial charge < -0.3 is 19.8 Å². The van der Waals surface area contributed by atoms with Crippen molar-refractivity contribution >= 4 is 23.0 Å². The molecule has 0 bridgehead atoms. The van der Waals surface area contributed by atoms with E-state index >= 15 is 0 Å². The molecular weight excluding hydrogens is 392 g/mol. The van der Waals surface area contributed by atoms with Crippen molar-refractivity contribution in [3.8, 4) is 0 Å². The molecule has 6 nitrogen and oxygen atoms in total. The number of hydrogen-bond acceptors (Lipinski definition) is 4. The zero-order valence-corrected chi connectivity index (χ0v) is 17.7. The number of benzene rings is 2. The van der Waals surface area contributed by atoms with E-state index in [4.69, 9.17) is 9.15 Å². The highest BCUT2D eigenvalue weighted by Crippen LogP contribution is 2.40. The maximum Gasteiger partial charge on any atom is 0.407 e. The molecule has 1 aromatic heterocycles. The molecular formula is C25H28N2O4. The van der Waals surface area contributed by atoms with Gasteiger partial charge in [-0.05, 0) is 50.3 Å². The number of carbonyl (C=O) groups excluding carboxylic acids is 2. The monoisotopic (exact) mass is 420 g/mol. The SMILES string of the molecule is CCNC(=O)O[C@H]1CC[C@](CNC(=O)c2cccc3ccoc23)(c2ccccc2)CC1. The third-order valence-corrected chi connectivity index (χ3v) is 6.18. The average Bonchev–Trinajstić information content (AvgIpc) is 3.28. The van der Waals surface area contributed by atoms with Crippen LogP contribution in [0.15, 0.2) is 65.3 Å². The molecule has 0 radical (unpaired) electrons. The third kappa shape index (κ3) is 4.58. The molecule has 1 fully saturated rings. The van der Waals surface area contributed by atoms with E-state index in [1.54, 1.807) is 12.3 Å². The number of fused-ring (bicyclic) bond motifs is 1. The van der Waals surface area contributed by atoms with Crippen LogP contribution in [0.2, 0.25) is 0 Å². The Morgan fingerprint density at radius 1 is 1.03 bits per heavy atom. The van der Waals surface area contributed by atoms with Gasteiger partial charge in [-0.2, -0.15) is 0 Å². The predicted octanol–water partition coefficient (Wildman–Crippen LogP) is 4.79. The largest absolute Gasteiger partial charge is 0.464 e. The highest BCUT2D eigenvalue weighted by Gasteiger charge is 2.38. The van der Waals surface area contributed by atoms with Gasteiger partial charge in [0.25, 0.3) is 5.91 Å². The van der Waals surface area contributed by atoms with Gasteiger partial charge in [0.15, 0.2) is 0 Å². The lowest BCUT2D eigenvalue weighted by Gasteiger charge is -2.40. The van der Waals surface area contributed by atoms with E-state index in [2.05, 4.69) is 22.8 Å². The number of nitrogens with one attached hydrogen (secondary N) is 2. The number of amides is 2. The van der Waals surface area contributed by atoms with Crippen LogP contribution < -0.4 is 10.6 Å². The summed E-state index contributed by atoms with van der Waals surface area (Å²) in [6, 6.07) is 17.7. The van der Waals surface area contributed by atoms with Gasteiger partial charge in [0.1, 0.15) is 11.7 Å². The van der Waals surface area contributed by atoms with E-state index in [0.29, 0.717) is 24.2 Å². The minimum atomic E-state index is -0.362. The highest BCUT2D eigenvalue weighted by molar-refractivity contribution is 6.04. The minimum Gasteiger partial charge on any atom is -0.464 e. The summed E-state index contributed by atoms with van der Waals surface area (Å²) in [5.74, 6) is -0.142. The van der Waals surface area contributed by atoms with E-state index in [9.17, 15) is 9.59 Å². The quantitative estimate of drug-likeness (QED) is 0.601. The molecule has 162 valence electrons. The van der Waals surface area contributed by atoms with E-state index in [-0.39, 0.29) is 23.5 Å². The Bertz CT molecular complexity index is 1040. The molecule has 0 unspecified atom stereocenters. The van der Waals surface area contributed by atoms with E-state index in [0.717, 1.165) is 31.1 Å². The molecule has 0 spiro atoms. The van der Waals surface area contributed by atoms with Gasteiger partial charge in [-0.1, -0.05) is 42.5 Å². The molecule has 1 saturated carbocycles. The number of para-hydroxylation sites is 1. The molecule has 0 saturated heterocycles. The molecule has 2 N–H and O–H groups in total. The fraction of sp³-hybridized carbons (Fsp3) is 0.360. The van der Waals surface area contributed by atoms with Crippen molar-refractivity contribution in [3.05, 3.63) is 72.0 Å². The number of ether oxygens (including phenoxy) is 1. The third-order valence-electron chi connectivity index (χ3n) is 6.18. The second kappa shape index (κ2) is 9.25. The molecule has 1 heterocycles. The summed E-state index contributed by atoms with van der Waals surface area (Å²) in [5, 5.41) is 6.75. The molecule has 6 heteroatoms. The van der Waals surface area contributed by atoms with Crippen LogP contribution in [0.3, 0.4) is 0 Å². The van der Waals surface area contributed by atoms with Gasteiger partial charge in [0.2, 0.25) is 0 Å². The molecule has 1 aliphatic rings. The first-order chi connectivity index (χ1) is 15.1. The number of hydrogen-bond donors (Lipinski definition) is 2. The Morgan fingerprint density at radius 2 is 1.81 bits per heavy atom. The second-order valence-corrected chi connectivity index (χ2v) is 8.11. The van der Waals surface area contributed by atoms with Crippen LogP contribution in [-0.4, -0.2) is 31.2 Å². The first-order valence-corrected chi connectivity index (χ1v) is 10.9. The Labute approximate surface area is 182 Å². The average molecular weight is 421 g/mol. The Balaban J connectivity index is 1.48. The zero-order chi connectivity index (χ0) is 21.7. The molecule has 1 aliphatic carbocycles. The Morgan fingerprint density at radius 3 is 2.55 bits per heavy atom. The number of carbonyl (C=O) groups is 2. The molecule has 2 amide bonds. The number of alkyl carbamates (subject to hydrolysis) is 1. The molecule has 4 rings (SSSR count). The summed E-state index contributed by atoms with van der Waals surface area (Å²) in [7, 11) is 0. The molecule has 0 atom stereocenters. The van der Waals surface area contributed by atoms with Crippen LogP contribution in [0.5, 0.6) is 0 Å². The van der Waals surface area contributed by atoms with Crippen molar-refractivity contribution in [2.45, 2.75) is 44.1 Å². The lowest BCUT2D eigenvalue weighted by Crippen LogP contribution is -2.45.